The number of carbonyl (C=O) groups is 1. The van der Waals surface area contributed by atoms with E-state index in [1.54, 1.807) is 35.5 Å². The fourth-order valence-electron chi connectivity index (χ4n) is 3.40. The number of pyridine rings is 1. The summed E-state index contributed by atoms with van der Waals surface area (Å²) in [7, 11) is 0. The Morgan fingerprint density at radius 2 is 1.90 bits per heavy atom. The predicted octanol–water partition coefficient (Wildman–Crippen LogP) is 5.06. The third-order valence-corrected chi connectivity index (χ3v) is 5.59. The Balaban J connectivity index is 1.55. The number of hydrogen-bond acceptors (Lipinski definition) is 5. The van der Waals surface area contributed by atoms with Crippen molar-refractivity contribution in [2.45, 2.75) is 32.0 Å². The summed E-state index contributed by atoms with van der Waals surface area (Å²) in [6.45, 7) is 0.788. The molecule has 0 unspecified atom stereocenters. The van der Waals surface area contributed by atoms with E-state index in [0.29, 0.717) is 29.4 Å². The van der Waals surface area contributed by atoms with Gasteiger partial charge >= 0.3 is 0 Å². The van der Waals surface area contributed by atoms with Gasteiger partial charge in [-0.05, 0) is 54.3 Å². The van der Waals surface area contributed by atoms with Crippen molar-refractivity contribution in [3.05, 3.63) is 98.8 Å². The average molecular weight is 437 g/mol. The first-order chi connectivity index (χ1) is 15.0. The standard InChI is InChI=1S/C23H21ClN4O3/c24-20-4-2-1-3-18(20)14-26-21-8-5-17(13-22(21)28(30)31)23(29)27(19-6-7-19)15-16-9-11-25-12-10-16/h1-5,8-13,19,26H,6-7,14-15H2. The minimum atomic E-state index is -0.476. The van der Waals surface area contributed by atoms with E-state index in [4.69, 9.17) is 11.6 Å². The molecule has 0 spiro atoms. The molecule has 0 aliphatic heterocycles. The first kappa shape index (κ1) is 20.8. The molecule has 31 heavy (non-hydrogen) atoms. The number of anilines is 1. The van der Waals surface area contributed by atoms with Gasteiger partial charge < -0.3 is 10.2 Å². The fraction of sp³-hybridized carbons (Fsp3) is 0.217. The smallest absolute Gasteiger partial charge is 0.293 e. The molecule has 1 N–H and O–H groups in total. The van der Waals surface area contributed by atoms with Gasteiger partial charge in [-0.1, -0.05) is 29.8 Å². The zero-order valence-electron chi connectivity index (χ0n) is 16.7. The highest BCUT2D eigenvalue weighted by molar-refractivity contribution is 6.31. The number of aromatic nitrogens is 1. The third kappa shape index (κ3) is 5.00. The lowest BCUT2D eigenvalue weighted by molar-refractivity contribution is -0.384. The van der Waals surface area contributed by atoms with E-state index in [1.165, 1.54) is 6.07 Å². The molecule has 0 atom stereocenters. The van der Waals surface area contributed by atoms with Gasteiger partial charge in [0.05, 0.1) is 4.92 Å². The molecule has 4 rings (SSSR count). The van der Waals surface area contributed by atoms with Crippen LogP contribution in [-0.2, 0) is 13.1 Å². The number of nitrogens with zero attached hydrogens (tertiary/aromatic N) is 3. The summed E-state index contributed by atoms with van der Waals surface area (Å²) in [5, 5.41) is 15.3. The van der Waals surface area contributed by atoms with Crippen LogP contribution in [0.3, 0.4) is 0 Å². The van der Waals surface area contributed by atoms with E-state index in [1.807, 2.05) is 30.3 Å². The Morgan fingerprint density at radius 3 is 2.58 bits per heavy atom. The number of rotatable bonds is 8. The fourth-order valence-corrected chi connectivity index (χ4v) is 3.60. The molecule has 1 heterocycles. The van der Waals surface area contributed by atoms with E-state index in [2.05, 4.69) is 10.3 Å². The van der Waals surface area contributed by atoms with Gasteiger partial charge in [0.1, 0.15) is 5.69 Å². The Labute approximate surface area is 184 Å². The highest BCUT2D eigenvalue weighted by Gasteiger charge is 2.33. The summed E-state index contributed by atoms with van der Waals surface area (Å²) in [6, 6.07) is 15.8. The molecular weight excluding hydrogens is 416 g/mol. The number of hydrogen-bond donors (Lipinski definition) is 1. The normalized spacial score (nSPS) is 12.9. The molecule has 1 fully saturated rings. The molecule has 1 amide bonds. The number of nitrogens with one attached hydrogen (secondary N) is 1. The van der Waals surface area contributed by atoms with Crippen molar-refractivity contribution in [2.24, 2.45) is 0 Å². The van der Waals surface area contributed by atoms with E-state index < -0.39 is 4.92 Å². The average Bonchev–Trinajstić information content (AvgIpc) is 3.62. The van der Waals surface area contributed by atoms with E-state index in [0.717, 1.165) is 24.0 Å². The van der Waals surface area contributed by atoms with Crippen LogP contribution < -0.4 is 5.32 Å². The Morgan fingerprint density at radius 1 is 1.16 bits per heavy atom. The number of carbonyl (C=O) groups excluding carboxylic acids is 1. The van der Waals surface area contributed by atoms with E-state index in [-0.39, 0.29) is 17.6 Å². The van der Waals surface area contributed by atoms with Crippen molar-refractivity contribution in [1.82, 2.24) is 9.88 Å². The maximum Gasteiger partial charge on any atom is 0.293 e. The molecule has 3 aromatic rings. The minimum Gasteiger partial charge on any atom is -0.375 e. The van der Waals surface area contributed by atoms with Crippen LogP contribution in [0.4, 0.5) is 11.4 Å². The quantitative estimate of drug-likeness (QED) is 0.394. The van der Waals surface area contributed by atoms with Crippen LogP contribution in [0.15, 0.2) is 67.0 Å². The van der Waals surface area contributed by atoms with Gasteiger partial charge in [-0.3, -0.25) is 19.9 Å². The molecule has 2 aromatic carbocycles. The summed E-state index contributed by atoms with van der Waals surface area (Å²) in [4.78, 5) is 30.2. The Kier molecular flexibility index (Phi) is 6.13. The van der Waals surface area contributed by atoms with E-state index >= 15 is 0 Å². The zero-order chi connectivity index (χ0) is 21.8. The molecular formula is C23H21ClN4O3. The third-order valence-electron chi connectivity index (χ3n) is 5.22. The van der Waals surface area contributed by atoms with Gasteiger partial charge in [0.25, 0.3) is 11.6 Å². The number of amides is 1. The summed E-state index contributed by atoms with van der Waals surface area (Å²) in [5.74, 6) is -0.208. The largest absolute Gasteiger partial charge is 0.375 e. The lowest BCUT2D eigenvalue weighted by atomic mass is 10.1. The minimum absolute atomic E-state index is 0.141. The van der Waals surface area contributed by atoms with Gasteiger partial charge in [0, 0.05) is 48.2 Å². The number of nitro benzene ring substituents is 1. The van der Waals surface area contributed by atoms with Crippen molar-refractivity contribution in [3.8, 4) is 0 Å². The van der Waals surface area contributed by atoms with Crippen molar-refractivity contribution >= 4 is 28.9 Å². The summed E-state index contributed by atoms with van der Waals surface area (Å²) in [5.41, 5.74) is 2.31. The van der Waals surface area contributed by atoms with Crippen LogP contribution in [0.5, 0.6) is 0 Å². The van der Waals surface area contributed by atoms with Gasteiger partial charge in [0.15, 0.2) is 0 Å². The predicted molar refractivity (Wildman–Crippen MR) is 119 cm³/mol. The van der Waals surface area contributed by atoms with Crippen molar-refractivity contribution in [2.75, 3.05) is 5.32 Å². The first-order valence-electron chi connectivity index (χ1n) is 9.98. The SMILES string of the molecule is O=C(c1ccc(NCc2ccccc2Cl)c([N+](=O)[O-])c1)N(Cc1ccncc1)C1CC1. The number of halogens is 1. The molecule has 1 aromatic heterocycles. The van der Waals surface area contributed by atoms with Crippen LogP contribution in [0.2, 0.25) is 5.02 Å². The van der Waals surface area contributed by atoms with Gasteiger partial charge in [0.2, 0.25) is 0 Å². The molecule has 0 bridgehead atoms. The maximum absolute atomic E-state index is 13.2. The summed E-state index contributed by atoms with van der Waals surface area (Å²) < 4.78 is 0. The summed E-state index contributed by atoms with van der Waals surface area (Å²) in [6.07, 6.45) is 5.26. The van der Waals surface area contributed by atoms with Crippen LogP contribution in [0.25, 0.3) is 0 Å². The van der Waals surface area contributed by atoms with Gasteiger partial charge in [-0.2, -0.15) is 0 Å². The van der Waals surface area contributed by atoms with Gasteiger partial charge in [-0.25, -0.2) is 0 Å². The van der Waals surface area contributed by atoms with Crippen molar-refractivity contribution in [1.29, 1.82) is 0 Å². The Hall–Kier alpha value is -3.45. The van der Waals surface area contributed by atoms with Gasteiger partial charge in [-0.15, -0.1) is 0 Å². The number of benzene rings is 2. The van der Waals surface area contributed by atoms with Crippen LogP contribution >= 0.6 is 11.6 Å². The van der Waals surface area contributed by atoms with Crippen molar-refractivity contribution < 1.29 is 9.72 Å². The topological polar surface area (TPSA) is 88.4 Å². The summed E-state index contributed by atoms with van der Waals surface area (Å²) >= 11 is 6.17. The van der Waals surface area contributed by atoms with E-state index in [9.17, 15) is 14.9 Å². The molecule has 0 radical (unpaired) electrons. The van der Waals surface area contributed by atoms with Crippen molar-refractivity contribution in [3.63, 3.8) is 0 Å². The molecule has 8 heteroatoms. The molecule has 0 saturated heterocycles. The molecule has 1 saturated carbocycles. The lowest BCUT2D eigenvalue weighted by Gasteiger charge is -2.23. The zero-order valence-corrected chi connectivity index (χ0v) is 17.5. The molecule has 1 aliphatic carbocycles. The second-order valence-corrected chi connectivity index (χ2v) is 7.86. The highest BCUT2D eigenvalue weighted by Crippen LogP contribution is 2.32. The maximum atomic E-state index is 13.2. The first-order valence-corrected chi connectivity index (χ1v) is 10.4. The lowest BCUT2D eigenvalue weighted by Crippen LogP contribution is -2.32. The van der Waals surface area contributed by atoms with Crippen LogP contribution in [-0.4, -0.2) is 26.8 Å². The molecule has 7 nitrogen and oxygen atoms in total. The monoisotopic (exact) mass is 436 g/mol. The van der Waals surface area contributed by atoms with Crippen LogP contribution in [0, 0.1) is 10.1 Å². The second-order valence-electron chi connectivity index (χ2n) is 7.45. The molecule has 1 aliphatic rings. The van der Waals surface area contributed by atoms with Crippen LogP contribution in [0.1, 0.15) is 34.3 Å². The number of nitro groups is 1. The Bertz CT molecular complexity index is 1100. The highest BCUT2D eigenvalue weighted by atomic mass is 35.5. The molecule has 158 valence electrons. The second kappa shape index (κ2) is 9.14.